The monoisotopic (exact) mass is 282 g/mol. The SMILES string of the molecule is CCOC(=O)Cn1cc([N+](=O)[O-])c2ccc(Cl)cc21. The second-order valence-electron chi connectivity index (χ2n) is 3.87. The summed E-state index contributed by atoms with van der Waals surface area (Å²) in [7, 11) is 0. The largest absolute Gasteiger partial charge is 0.465 e. The molecule has 19 heavy (non-hydrogen) atoms. The van der Waals surface area contributed by atoms with Crippen LogP contribution in [-0.2, 0) is 16.1 Å². The molecule has 0 saturated carbocycles. The Hall–Kier alpha value is -2.08. The number of benzene rings is 1. The van der Waals surface area contributed by atoms with E-state index in [-0.39, 0.29) is 18.8 Å². The summed E-state index contributed by atoms with van der Waals surface area (Å²) in [4.78, 5) is 22.0. The van der Waals surface area contributed by atoms with E-state index in [1.54, 1.807) is 25.1 Å². The van der Waals surface area contributed by atoms with E-state index in [9.17, 15) is 14.9 Å². The van der Waals surface area contributed by atoms with Crippen molar-refractivity contribution >= 4 is 34.2 Å². The summed E-state index contributed by atoms with van der Waals surface area (Å²) in [5.74, 6) is -0.450. The molecule has 6 nitrogen and oxygen atoms in total. The van der Waals surface area contributed by atoms with Crippen LogP contribution >= 0.6 is 11.6 Å². The summed E-state index contributed by atoms with van der Waals surface area (Å²) in [5.41, 5.74) is 0.475. The van der Waals surface area contributed by atoms with Gasteiger partial charge in [-0.2, -0.15) is 0 Å². The fourth-order valence-corrected chi connectivity index (χ4v) is 2.03. The number of halogens is 1. The number of rotatable bonds is 4. The third-order valence-electron chi connectivity index (χ3n) is 2.62. The van der Waals surface area contributed by atoms with E-state index in [1.807, 2.05) is 0 Å². The van der Waals surface area contributed by atoms with Crippen molar-refractivity contribution in [2.75, 3.05) is 6.61 Å². The van der Waals surface area contributed by atoms with Gasteiger partial charge in [0.1, 0.15) is 6.54 Å². The molecule has 1 aromatic carbocycles. The predicted molar refractivity (Wildman–Crippen MR) is 70.2 cm³/mol. The zero-order valence-corrected chi connectivity index (χ0v) is 10.9. The minimum Gasteiger partial charge on any atom is -0.465 e. The summed E-state index contributed by atoms with van der Waals surface area (Å²) in [6, 6.07) is 4.73. The number of ether oxygens (including phenoxy) is 1. The van der Waals surface area contributed by atoms with Crippen LogP contribution in [0.4, 0.5) is 5.69 Å². The molecule has 2 aromatic rings. The highest BCUT2D eigenvalue weighted by Gasteiger charge is 2.19. The van der Waals surface area contributed by atoms with Crippen molar-refractivity contribution in [3.8, 4) is 0 Å². The maximum atomic E-state index is 11.5. The Kier molecular flexibility index (Phi) is 3.71. The molecule has 0 N–H and O–H groups in total. The summed E-state index contributed by atoms with van der Waals surface area (Å²) in [6.07, 6.45) is 1.32. The first-order chi connectivity index (χ1) is 9.02. The van der Waals surface area contributed by atoms with Crippen LogP contribution in [-0.4, -0.2) is 22.1 Å². The van der Waals surface area contributed by atoms with Gasteiger partial charge in [-0.3, -0.25) is 14.9 Å². The lowest BCUT2D eigenvalue weighted by Gasteiger charge is -2.04. The Morgan fingerprint density at radius 1 is 1.53 bits per heavy atom. The number of carbonyl (C=O) groups is 1. The Bertz CT molecular complexity index is 650. The maximum Gasteiger partial charge on any atom is 0.325 e. The van der Waals surface area contributed by atoms with Crippen LogP contribution in [0.25, 0.3) is 10.9 Å². The average molecular weight is 283 g/mol. The van der Waals surface area contributed by atoms with Gasteiger partial charge in [-0.25, -0.2) is 0 Å². The van der Waals surface area contributed by atoms with Crippen LogP contribution in [0.1, 0.15) is 6.92 Å². The van der Waals surface area contributed by atoms with Crippen LogP contribution in [0.2, 0.25) is 5.02 Å². The minimum absolute atomic E-state index is 0.0593. The van der Waals surface area contributed by atoms with Gasteiger partial charge in [0.25, 0.3) is 5.69 Å². The number of esters is 1. The van der Waals surface area contributed by atoms with Crippen molar-refractivity contribution < 1.29 is 14.5 Å². The van der Waals surface area contributed by atoms with Crippen LogP contribution in [0.5, 0.6) is 0 Å². The predicted octanol–water partition coefficient (Wildman–Crippen LogP) is 2.77. The van der Waals surface area contributed by atoms with Gasteiger partial charge in [-0.05, 0) is 25.1 Å². The van der Waals surface area contributed by atoms with Gasteiger partial charge in [-0.1, -0.05) is 11.6 Å². The standard InChI is InChI=1S/C12H11ClN2O4/c1-2-19-12(16)7-14-6-11(15(17)18)9-4-3-8(13)5-10(9)14/h3-6H,2,7H2,1H3. The molecule has 0 aliphatic rings. The third-order valence-corrected chi connectivity index (χ3v) is 2.86. The molecule has 0 radical (unpaired) electrons. The Labute approximate surface area is 113 Å². The smallest absolute Gasteiger partial charge is 0.325 e. The zero-order chi connectivity index (χ0) is 14.0. The van der Waals surface area contributed by atoms with Crippen molar-refractivity contribution in [2.45, 2.75) is 13.5 Å². The summed E-state index contributed by atoms with van der Waals surface area (Å²) < 4.78 is 6.30. The zero-order valence-electron chi connectivity index (χ0n) is 10.1. The third kappa shape index (κ3) is 2.68. The van der Waals surface area contributed by atoms with Gasteiger partial charge in [0, 0.05) is 5.02 Å². The Morgan fingerprint density at radius 3 is 2.89 bits per heavy atom. The lowest BCUT2D eigenvalue weighted by Crippen LogP contribution is -2.12. The quantitative estimate of drug-likeness (QED) is 0.491. The van der Waals surface area contributed by atoms with E-state index in [0.717, 1.165) is 0 Å². The molecular formula is C12H11ClN2O4. The fraction of sp³-hybridized carbons (Fsp3) is 0.250. The lowest BCUT2D eigenvalue weighted by atomic mass is 10.2. The molecule has 0 amide bonds. The first kappa shape index (κ1) is 13.4. The molecule has 2 rings (SSSR count). The molecule has 0 atom stereocenters. The molecular weight excluding hydrogens is 272 g/mol. The maximum absolute atomic E-state index is 11.5. The van der Waals surface area contributed by atoms with Crippen LogP contribution in [0.3, 0.4) is 0 Å². The summed E-state index contributed by atoms with van der Waals surface area (Å²) >= 11 is 5.88. The number of hydrogen-bond acceptors (Lipinski definition) is 4. The van der Waals surface area contributed by atoms with Gasteiger partial charge in [0.2, 0.25) is 0 Å². The van der Waals surface area contributed by atoms with E-state index in [2.05, 4.69) is 0 Å². The molecule has 0 unspecified atom stereocenters. The molecule has 0 saturated heterocycles. The average Bonchev–Trinajstić information content (AvgIpc) is 2.68. The first-order valence-corrected chi connectivity index (χ1v) is 5.99. The minimum atomic E-state index is -0.488. The topological polar surface area (TPSA) is 74.4 Å². The number of carbonyl (C=O) groups excluding carboxylic acids is 1. The highest BCUT2D eigenvalue weighted by atomic mass is 35.5. The van der Waals surface area contributed by atoms with E-state index in [0.29, 0.717) is 15.9 Å². The van der Waals surface area contributed by atoms with Gasteiger partial charge < -0.3 is 9.30 Å². The lowest BCUT2D eigenvalue weighted by molar-refractivity contribution is -0.383. The summed E-state index contributed by atoms with van der Waals surface area (Å²) in [5, 5.41) is 11.9. The highest BCUT2D eigenvalue weighted by molar-refractivity contribution is 6.31. The Balaban J connectivity index is 2.51. The fourth-order valence-electron chi connectivity index (χ4n) is 1.87. The number of hydrogen-bond donors (Lipinski definition) is 0. The van der Waals surface area contributed by atoms with Crippen molar-refractivity contribution in [1.82, 2.24) is 4.57 Å². The van der Waals surface area contributed by atoms with Gasteiger partial charge in [0.15, 0.2) is 0 Å². The molecule has 0 aliphatic heterocycles. The number of fused-ring (bicyclic) bond motifs is 1. The molecule has 1 heterocycles. The number of aromatic nitrogens is 1. The van der Waals surface area contributed by atoms with Crippen LogP contribution in [0, 0.1) is 10.1 Å². The van der Waals surface area contributed by atoms with Crippen LogP contribution in [0.15, 0.2) is 24.4 Å². The molecule has 0 aliphatic carbocycles. The molecule has 0 spiro atoms. The first-order valence-electron chi connectivity index (χ1n) is 5.61. The van der Waals surface area contributed by atoms with Crippen molar-refractivity contribution in [3.05, 3.63) is 39.5 Å². The summed E-state index contributed by atoms with van der Waals surface area (Å²) in [6.45, 7) is 1.88. The van der Waals surface area contributed by atoms with Gasteiger partial charge in [0.05, 0.1) is 28.6 Å². The normalized spacial score (nSPS) is 10.6. The highest BCUT2D eigenvalue weighted by Crippen LogP contribution is 2.29. The Morgan fingerprint density at radius 2 is 2.26 bits per heavy atom. The molecule has 100 valence electrons. The number of nitro groups is 1. The second kappa shape index (κ2) is 5.27. The van der Waals surface area contributed by atoms with Gasteiger partial charge in [-0.15, -0.1) is 0 Å². The van der Waals surface area contributed by atoms with E-state index < -0.39 is 10.9 Å². The molecule has 1 aromatic heterocycles. The molecule has 7 heteroatoms. The van der Waals surface area contributed by atoms with E-state index in [4.69, 9.17) is 16.3 Å². The van der Waals surface area contributed by atoms with Gasteiger partial charge >= 0.3 is 5.97 Å². The van der Waals surface area contributed by atoms with E-state index >= 15 is 0 Å². The van der Waals surface area contributed by atoms with Crippen molar-refractivity contribution in [1.29, 1.82) is 0 Å². The van der Waals surface area contributed by atoms with Crippen molar-refractivity contribution in [2.24, 2.45) is 0 Å². The molecule has 0 fully saturated rings. The molecule has 0 bridgehead atoms. The number of nitrogens with zero attached hydrogens (tertiary/aromatic N) is 2. The van der Waals surface area contributed by atoms with Crippen LogP contribution < -0.4 is 0 Å². The van der Waals surface area contributed by atoms with E-state index in [1.165, 1.54) is 10.8 Å². The van der Waals surface area contributed by atoms with Crippen molar-refractivity contribution in [3.63, 3.8) is 0 Å². The second-order valence-corrected chi connectivity index (χ2v) is 4.30.